The molecule has 5 nitrogen and oxygen atoms in total. The summed E-state index contributed by atoms with van der Waals surface area (Å²) in [5, 5.41) is 22.8. The molecule has 0 aliphatic heterocycles. The fourth-order valence-corrected chi connectivity index (χ4v) is 2.40. The molecule has 0 atom stereocenters. The maximum Gasteiger partial charge on any atom is 0.261 e. The number of nitrogens with zero attached hydrogens (tertiary/aromatic N) is 2. The number of phenols is 2. The van der Waals surface area contributed by atoms with Crippen LogP contribution in [0.4, 0.5) is 0 Å². The molecule has 0 bridgehead atoms. The summed E-state index contributed by atoms with van der Waals surface area (Å²) in [5.74, 6) is 3.12. The van der Waals surface area contributed by atoms with E-state index in [0.717, 1.165) is 5.75 Å². The Hall–Kier alpha value is -1.69. The summed E-state index contributed by atoms with van der Waals surface area (Å²) in [6.45, 7) is 4.31. The van der Waals surface area contributed by atoms with Crippen molar-refractivity contribution in [1.82, 2.24) is 10.1 Å². The molecular weight excluding hydrogens is 264 g/mol. The summed E-state index contributed by atoms with van der Waals surface area (Å²) >= 11 is 1.74. The Morgan fingerprint density at radius 2 is 2.11 bits per heavy atom. The van der Waals surface area contributed by atoms with Gasteiger partial charge in [-0.3, -0.25) is 0 Å². The Morgan fingerprint density at radius 1 is 1.32 bits per heavy atom. The standard InChI is InChI=1S/C13H16N2O3S/c1-8(2)6-19-7-12-14-13(18-15-12)10-4-3-9(16)5-11(10)17/h3-5,8,16-17H,6-7H2,1-2H3. The van der Waals surface area contributed by atoms with Gasteiger partial charge in [-0.25, -0.2) is 0 Å². The fourth-order valence-electron chi connectivity index (χ4n) is 1.51. The highest BCUT2D eigenvalue weighted by atomic mass is 32.2. The summed E-state index contributed by atoms with van der Waals surface area (Å²) in [4.78, 5) is 4.23. The molecule has 6 heteroatoms. The second-order valence-corrected chi connectivity index (χ2v) is 5.66. The molecule has 0 saturated heterocycles. The minimum Gasteiger partial charge on any atom is -0.508 e. The first kappa shape index (κ1) is 13.7. The molecule has 1 heterocycles. The predicted octanol–water partition coefficient (Wildman–Crippen LogP) is 3.04. The molecule has 19 heavy (non-hydrogen) atoms. The number of hydrogen-bond acceptors (Lipinski definition) is 6. The van der Waals surface area contributed by atoms with Crippen LogP contribution < -0.4 is 0 Å². The maximum absolute atomic E-state index is 9.71. The van der Waals surface area contributed by atoms with E-state index in [1.165, 1.54) is 12.1 Å². The molecule has 2 rings (SSSR count). The number of benzene rings is 1. The Morgan fingerprint density at radius 3 is 2.79 bits per heavy atom. The van der Waals surface area contributed by atoms with Crippen LogP contribution in [-0.4, -0.2) is 26.1 Å². The number of rotatable bonds is 5. The van der Waals surface area contributed by atoms with Gasteiger partial charge in [0, 0.05) is 6.07 Å². The van der Waals surface area contributed by atoms with Crippen molar-refractivity contribution in [3.05, 3.63) is 24.0 Å². The van der Waals surface area contributed by atoms with Crippen molar-refractivity contribution >= 4 is 11.8 Å². The minimum absolute atomic E-state index is 0.00604. The van der Waals surface area contributed by atoms with E-state index in [4.69, 9.17) is 4.52 Å². The summed E-state index contributed by atoms with van der Waals surface area (Å²) in [5.41, 5.74) is 0.422. The van der Waals surface area contributed by atoms with Gasteiger partial charge in [0.05, 0.1) is 11.3 Å². The van der Waals surface area contributed by atoms with Crippen molar-refractivity contribution in [2.24, 2.45) is 5.92 Å². The molecule has 1 aromatic carbocycles. The third-order valence-electron chi connectivity index (χ3n) is 2.36. The van der Waals surface area contributed by atoms with Gasteiger partial charge in [-0.1, -0.05) is 19.0 Å². The van der Waals surface area contributed by atoms with Gasteiger partial charge in [0.2, 0.25) is 0 Å². The molecule has 0 fully saturated rings. The first-order chi connectivity index (χ1) is 9.06. The molecular formula is C13H16N2O3S. The SMILES string of the molecule is CC(C)CSCc1noc(-c2ccc(O)cc2O)n1. The highest BCUT2D eigenvalue weighted by Gasteiger charge is 2.13. The number of aromatic nitrogens is 2. The highest BCUT2D eigenvalue weighted by molar-refractivity contribution is 7.98. The van der Waals surface area contributed by atoms with Gasteiger partial charge in [-0.05, 0) is 23.8 Å². The molecule has 0 aliphatic carbocycles. The normalized spacial score (nSPS) is 11.1. The smallest absolute Gasteiger partial charge is 0.261 e. The minimum atomic E-state index is -0.0787. The quantitative estimate of drug-likeness (QED) is 0.876. The highest BCUT2D eigenvalue weighted by Crippen LogP contribution is 2.31. The summed E-state index contributed by atoms with van der Waals surface area (Å²) in [7, 11) is 0. The third-order valence-corrected chi connectivity index (χ3v) is 3.73. The predicted molar refractivity (Wildman–Crippen MR) is 74.1 cm³/mol. The van der Waals surface area contributed by atoms with Gasteiger partial charge in [-0.2, -0.15) is 16.7 Å². The molecule has 2 aromatic rings. The van der Waals surface area contributed by atoms with E-state index in [2.05, 4.69) is 24.0 Å². The van der Waals surface area contributed by atoms with E-state index in [1.807, 2.05) is 0 Å². The van der Waals surface area contributed by atoms with Crippen LogP contribution >= 0.6 is 11.8 Å². The molecule has 0 spiro atoms. The van der Waals surface area contributed by atoms with E-state index in [0.29, 0.717) is 23.1 Å². The van der Waals surface area contributed by atoms with E-state index in [9.17, 15) is 10.2 Å². The first-order valence-electron chi connectivity index (χ1n) is 5.99. The lowest BCUT2D eigenvalue weighted by Gasteiger charge is -2.00. The topological polar surface area (TPSA) is 79.4 Å². The molecule has 102 valence electrons. The summed E-state index contributed by atoms with van der Waals surface area (Å²) in [6.07, 6.45) is 0. The number of phenolic OH excluding ortho intramolecular Hbond substituents is 2. The van der Waals surface area contributed by atoms with Crippen molar-refractivity contribution in [3.8, 4) is 23.0 Å². The molecule has 0 radical (unpaired) electrons. The Balaban J connectivity index is 2.08. The average molecular weight is 280 g/mol. The molecule has 0 unspecified atom stereocenters. The molecule has 0 saturated carbocycles. The maximum atomic E-state index is 9.71. The van der Waals surface area contributed by atoms with E-state index in [1.54, 1.807) is 17.8 Å². The monoisotopic (exact) mass is 280 g/mol. The lowest BCUT2D eigenvalue weighted by atomic mass is 10.2. The molecule has 0 aliphatic rings. The van der Waals surface area contributed by atoms with Crippen LogP contribution in [0.1, 0.15) is 19.7 Å². The van der Waals surface area contributed by atoms with Gasteiger partial charge in [0.15, 0.2) is 5.82 Å². The van der Waals surface area contributed by atoms with Gasteiger partial charge >= 0.3 is 0 Å². The van der Waals surface area contributed by atoms with Crippen molar-refractivity contribution < 1.29 is 14.7 Å². The van der Waals surface area contributed by atoms with E-state index < -0.39 is 0 Å². The van der Waals surface area contributed by atoms with Crippen LogP contribution in [0.5, 0.6) is 11.5 Å². The second kappa shape index (κ2) is 5.97. The van der Waals surface area contributed by atoms with Crippen LogP contribution in [0.3, 0.4) is 0 Å². The van der Waals surface area contributed by atoms with E-state index >= 15 is 0 Å². The van der Waals surface area contributed by atoms with Crippen LogP contribution in [-0.2, 0) is 5.75 Å². The van der Waals surface area contributed by atoms with Crippen molar-refractivity contribution in [3.63, 3.8) is 0 Å². The largest absolute Gasteiger partial charge is 0.508 e. The molecule has 0 amide bonds. The third kappa shape index (κ3) is 3.64. The number of thioether (sulfide) groups is 1. The number of aromatic hydroxyl groups is 2. The molecule has 2 N–H and O–H groups in total. The summed E-state index contributed by atoms with van der Waals surface area (Å²) < 4.78 is 5.11. The van der Waals surface area contributed by atoms with Crippen LogP contribution in [0, 0.1) is 5.92 Å². The second-order valence-electron chi connectivity index (χ2n) is 4.63. The van der Waals surface area contributed by atoms with Crippen molar-refractivity contribution in [2.45, 2.75) is 19.6 Å². The lowest BCUT2D eigenvalue weighted by molar-refractivity contribution is 0.418. The van der Waals surface area contributed by atoms with Gasteiger partial charge in [-0.15, -0.1) is 0 Å². The Bertz CT molecular complexity index is 555. The van der Waals surface area contributed by atoms with Crippen molar-refractivity contribution in [2.75, 3.05) is 5.75 Å². The Labute approximate surface area is 115 Å². The summed E-state index contributed by atoms with van der Waals surface area (Å²) in [6, 6.07) is 4.25. The van der Waals surface area contributed by atoms with Crippen LogP contribution in [0.25, 0.3) is 11.5 Å². The first-order valence-corrected chi connectivity index (χ1v) is 7.14. The fraction of sp³-hybridized carbons (Fsp3) is 0.385. The van der Waals surface area contributed by atoms with Gasteiger partial charge in [0.25, 0.3) is 5.89 Å². The Kier molecular flexibility index (Phi) is 4.31. The van der Waals surface area contributed by atoms with Crippen LogP contribution in [0.2, 0.25) is 0 Å². The zero-order chi connectivity index (χ0) is 13.8. The van der Waals surface area contributed by atoms with E-state index in [-0.39, 0.29) is 17.4 Å². The average Bonchev–Trinajstić information content (AvgIpc) is 2.77. The van der Waals surface area contributed by atoms with Crippen LogP contribution in [0.15, 0.2) is 22.7 Å². The zero-order valence-electron chi connectivity index (χ0n) is 10.8. The zero-order valence-corrected chi connectivity index (χ0v) is 11.6. The lowest BCUT2D eigenvalue weighted by Crippen LogP contribution is -1.92. The van der Waals surface area contributed by atoms with Gasteiger partial charge in [0.1, 0.15) is 11.5 Å². The molecule has 1 aromatic heterocycles. The van der Waals surface area contributed by atoms with Gasteiger partial charge < -0.3 is 14.7 Å². The van der Waals surface area contributed by atoms with Crippen molar-refractivity contribution in [1.29, 1.82) is 0 Å². The number of hydrogen-bond donors (Lipinski definition) is 2.